The fourth-order valence-corrected chi connectivity index (χ4v) is 1.83. The van der Waals surface area contributed by atoms with Crippen molar-refractivity contribution < 1.29 is 9.53 Å². The molecular formula is C12H17BrN2O2. The lowest BCUT2D eigenvalue weighted by molar-refractivity contribution is -0.119. The van der Waals surface area contributed by atoms with Crippen LogP contribution in [-0.2, 0) is 11.2 Å². The molecule has 1 aromatic rings. The summed E-state index contributed by atoms with van der Waals surface area (Å²) in [7, 11) is 0. The molecule has 1 amide bonds. The van der Waals surface area contributed by atoms with E-state index < -0.39 is 5.91 Å². The number of carbonyl (C=O) groups excluding carboxylic acids is 1. The van der Waals surface area contributed by atoms with Crippen molar-refractivity contribution in [3.05, 3.63) is 28.2 Å². The highest BCUT2D eigenvalue weighted by Gasteiger charge is 2.09. The average molecular weight is 301 g/mol. The van der Waals surface area contributed by atoms with Crippen LogP contribution >= 0.6 is 15.9 Å². The second-order valence-electron chi connectivity index (χ2n) is 3.88. The smallest absolute Gasteiger partial charge is 0.255 e. The quantitative estimate of drug-likeness (QED) is 0.837. The largest absolute Gasteiger partial charge is 0.484 e. The molecule has 4 nitrogen and oxygen atoms in total. The molecule has 17 heavy (non-hydrogen) atoms. The first-order valence-electron chi connectivity index (χ1n) is 5.48. The molecule has 1 aromatic carbocycles. The molecule has 0 heterocycles. The summed E-state index contributed by atoms with van der Waals surface area (Å²) in [6.07, 6.45) is 1.60. The lowest BCUT2D eigenvalue weighted by Crippen LogP contribution is -2.23. The first kappa shape index (κ1) is 14.0. The van der Waals surface area contributed by atoms with Crippen molar-refractivity contribution in [2.45, 2.75) is 25.8 Å². The second kappa shape index (κ2) is 6.61. The van der Waals surface area contributed by atoms with Crippen molar-refractivity contribution in [1.82, 2.24) is 0 Å². The van der Waals surface area contributed by atoms with Crippen molar-refractivity contribution in [2.24, 2.45) is 11.5 Å². The first-order valence-corrected chi connectivity index (χ1v) is 6.27. The standard InChI is InChI=1S/C12H17BrN2O2/c1-2-10(14)6-8-5-9(13)3-4-11(8)17-7-12(15)16/h3-5,10H,2,6-7,14H2,1H3,(H2,15,16). The third-order valence-electron chi connectivity index (χ3n) is 2.40. The fraction of sp³-hybridized carbons (Fsp3) is 0.417. The summed E-state index contributed by atoms with van der Waals surface area (Å²) in [4.78, 5) is 10.7. The van der Waals surface area contributed by atoms with E-state index in [-0.39, 0.29) is 12.6 Å². The Bertz CT molecular complexity index is 396. The number of carbonyl (C=O) groups is 1. The van der Waals surface area contributed by atoms with Crippen LogP contribution in [0, 0.1) is 0 Å². The van der Waals surface area contributed by atoms with Gasteiger partial charge in [-0.05, 0) is 36.6 Å². The Morgan fingerprint density at radius 3 is 2.82 bits per heavy atom. The highest BCUT2D eigenvalue weighted by molar-refractivity contribution is 9.10. The summed E-state index contributed by atoms with van der Waals surface area (Å²) in [5.74, 6) is 0.176. The lowest BCUT2D eigenvalue weighted by Gasteiger charge is -2.14. The van der Waals surface area contributed by atoms with Gasteiger partial charge in [-0.3, -0.25) is 4.79 Å². The van der Waals surface area contributed by atoms with Gasteiger partial charge >= 0.3 is 0 Å². The third-order valence-corrected chi connectivity index (χ3v) is 2.89. The minimum Gasteiger partial charge on any atom is -0.484 e. The maximum Gasteiger partial charge on any atom is 0.255 e. The number of hydrogen-bond donors (Lipinski definition) is 2. The molecule has 0 saturated carbocycles. The van der Waals surface area contributed by atoms with E-state index >= 15 is 0 Å². The highest BCUT2D eigenvalue weighted by atomic mass is 79.9. The molecular weight excluding hydrogens is 284 g/mol. The van der Waals surface area contributed by atoms with Gasteiger partial charge < -0.3 is 16.2 Å². The average Bonchev–Trinajstić information content (AvgIpc) is 2.27. The maximum absolute atomic E-state index is 10.7. The number of amides is 1. The van der Waals surface area contributed by atoms with E-state index in [4.69, 9.17) is 16.2 Å². The van der Waals surface area contributed by atoms with E-state index in [1.54, 1.807) is 0 Å². The zero-order valence-corrected chi connectivity index (χ0v) is 11.4. The molecule has 0 aromatic heterocycles. The molecule has 0 aliphatic carbocycles. The fourth-order valence-electron chi connectivity index (χ4n) is 1.42. The van der Waals surface area contributed by atoms with Gasteiger partial charge in [0.05, 0.1) is 0 Å². The van der Waals surface area contributed by atoms with Gasteiger partial charge in [0.2, 0.25) is 0 Å². The Morgan fingerprint density at radius 2 is 2.24 bits per heavy atom. The van der Waals surface area contributed by atoms with Crippen LogP contribution in [0.3, 0.4) is 0 Å². The number of primary amides is 1. The summed E-state index contributed by atoms with van der Waals surface area (Å²) in [5.41, 5.74) is 11.9. The van der Waals surface area contributed by atoms with Gasteiger partial charge in [-0.1, -0.05) is 22.9 Å². The van der Waals surface area contributed by atoms with Gasteiger partial charge in [0, 0.05) is 10.5 Å². The molecule has 0 aliphatic heterocycles. The van der Waals surface area contributed by atoms with Crippen LogP contribution in [0.5, 0.6) is 5.75 Å². The number of ether oxygens (including phenoxy) is 1. The molecule has 94 valence electrons. The topological polar surface area (TPSA) is 78.3 Å². The Morgan fingerprint density at radius 1 is 1.53 bits per heavy atom. The van der Waals surface area contributed by atoms with Crippen LogP contribution in [0.2, 0.25) is 0 Å². The third kappa shape index (κ3) is 4.75. The maximum atomic E-state index is 10.7. The molecule has 5 heteroatoms. The van der Waals surface area contributed by atoms with Gasteiger partial charge in [0.1, 0.15) is 5.75 Å². The summed E-state index contributed by atoms with van der Waals surface area (Å²) in [6, 6.07) is 5.70. The molecule has 1 unspecified atom stereocenters. The van der Waals surface area contributed by atoms with Crippen LogP contribution in [-0.4, -0.2) is 18.6 Å². The minimum atomic E-state index is -0.487. The van der Waals surface area contributed by atoms with Crippen molar-refractivity contribution in [1.29, 1.82) is 0 Å². The van der Waals surface area contributed by atoms with E-state index in [1.165, 1.54) is 0 Å². The number of hydrogen-bond acceptors (Lipinski definition) is 3. The van der Waals surface area contributed by atoms with Crippen molar-refractivity contribution in [3.63, 3.8) is 0 Å². The number of nitrogens with two attached hydrogens (primary N) is 2. The van der Waals surface area contributed by atoms with Crippen LogP contribution in [0.15, 0.2) is 22.7 Å². The molecule has 0 aliphatic rings. The van der Waals surface area contributed by atoms with Crippen molar-refractivity contribution in [2.75, 3.05) is 6.61 Å². The summed E-state index contributed by atoms with van der Waals surface area (Å²) >= 11 is 3.40. The monoisotopic (exact) mass is 300 g/mol. The lowest BCUT2D eigenvalue weighted by atomic mass is 10.0. The van der Waals surface area contributed by atoms with E-state index in [0.717, 1.165) is 16.5 Å². The van der Waals surface area contributed by atoms with Gasteiger partial charge in [-0.15, -0.1) is 0 Å². The zero-order chi connectivity index (χ0) is 12.8. The second-order valence-corrected chi connectivity index (χ2v) is 4.80. The SMILES string of the molecule is CCC(N)Cc1cc(Br)ccc1OCC(N)=O. The van der Waals surface area contributed by atoms with E-state index in [0.29, 0.717) is 12.2 Å². The minimum absolute atomic E-state index is 0.0835. The predicted octanol–water partition coefficient (Wildman–Crippen LogP) is 1.59. The summed E-state index contributed by atoms with van der Waals surface area (Å²) in [5, 5.41) is 0. The van der Waals surface area contributed by atoms with E-state index in [2.05, 4.69) is 15.9 Å². The molecule has 1 rings (SSSR count). The zero-order valence-electron chi connectivity index (χ0n) is 9.78. The van der Waals surface area contributed by atoms with Crippen LogP contribution in [0.4, 0.5) is 0 Å². The Hall–Kier alpha value is -1.07. The molecule has 0 spiro atoms. The van der Waals surface area contributed by atoms with Crippen molar-refractivity contribution in [3.8, 4) is 5.75 Å². The molecule has 0 radical (unpaired) electrons. The number of rotatable bonds is 6. The molecule has 0 saturated heterocycles. The van der Waals surface area contributed by atoms with Crippen molar-refractivity contribution >= 4 is 21.8 Å². The van der Waals surface area contributed by atoms with E-state index in [1.807, 2.05) is 25.1 Å². The molecule has 0 fully saturated rings. The molecule has 1 atom stereocenters. The molecule has 4 N–H and O–H groups in total. The first-order chi connectivity index (χ1) is 8.02. The Kier molecular flexibility index (Phi) is 5.44. The van der Waals surface area contributed by atoms with Gasteiger partial charge in [-0.2, -0.15) is 0 Å². The van der Waals surface area contributed by atoms with Crippen LogP contribution < -0.4 is 16.2 Å². The summed E-state index contributed by atoms with van der Waals surface area (Å²) in [6.45, 7) is 1.92. The number of benzene rings is 1. The number of halogens is 1. The van der Waals surface area contributed by atoms with Crippen LogP contribution in [0.1, 0.15) is 18.9 Å². The Balaban J connectivity index is 2.83. The highest BCUT2D eigenvalue weighted by Crippen LogP contribution is 2.24. The summed E-state index contributed by atoms with van der Waals surface area (Å²) < 4.78 is 6.31. The Labute approximate surface area is 109 Å². The normalized spacial score (nSPS) is 12.2. The predicted molar refractivity (Wildman–Crippen MR) is 70.8 cm³/mol. The van der Waals surface area contributed by atoms with Gasteiger partial charge in [-0.25, -0.2) is 0 Å². The van der Waals surface area contributed by atoms with Crippen LogP contribution in [0.25, 0.3) is 0 Å². The van der Waals surface area contributed by atoms with E-state index in [9.17, 15) is 4.79 Å². The molecule has 0 bridgehead atoms. The van der Waals surface area contributed by atoms with Gasteiger partial charge in [0.15, 0.2) is 6.61 Å². The van der Waals surface area contributed by atoms with Gasteiger partial charge in [0.25, 0.3) is 5.91 Å².